The molecule has 1 aromatic carbocycles. The fourth-order valence-electron chi connectivity index (χ4n) is 4.60. The average Bonchev–Trinajstić information content (AvgIpc) is 2.79. The zero-order valence-electron chi connectivity index (χ0n) is 21.3. The maximum Gasteiger partial charge on any atom is 0.317 e. The van der Waals surface area contributed by atoms with Gasteiger partial charge in [0.25, 0.3) is 0 Å². The lowest BCUT2D eigenvalue weighted by atomic mass is 9.97. The molecule has 2 rings (SSSR count). The number of rotatable bonds is 10. The van der Waals surface area contributed by atoms with E-state index in [1.165, 1.54) is 0 Å². The van der Waals surface area contributed by atoms with Crippen molar-refractivity contribution in [3.8, 4) is 0 Å². The van der Waals surface area contributed by atoms with Gasteiger partial charge in [-0.2, -0.15) is 0 Å². The van der Waals surface area contributed by atoms with Crippen LogP contribution in [0.1, 0.15) is 11.1 Å². The fourth-order valence-corrected chi connectivity index (χ4v) is 4.60. The normalized spacial score (nSPS) is 18.4. The van der Waals surface area contributed by atoms with Crippen LogP contribution in [-0.4, -0.2) is 142 Å². The molecule has 0 amide bonds. The Labute approximate surface area is 216 Å². The molecule has 0 aliphatic carbocycles. The Hall–Kier alpha value is -3.06. The van der Waals surface area contributed by atoms with Gasteiger partial charge in [0.15, 0.2) is 0 Å². The minimum absolute atomic E-state index is 0.108. The summed E-state index contributed by atoms with van der Waals surface area (Å²) in [7, 11) is 0. The van der Waals surface area contributed by atoms with Crippen LogP contribution in [0.3, 0.4) is 0 Å². The maximum absolute atomic E-state index is 11.6. The van der Waals surface area contributed by atoms with Crippen LogP contribution in [0.2, 0.25) is 0 Å². The lowest BCUT2D eigenvalue weighted by Gasteiger charge is -2.31. The van der Waals surface area contributed by atoms with Crippen molar-refractivity contribution in [2.24, 2.45) is 5.92 Å². The van der Waals surface area contributed by atoms with Crippen molar-refractivity contribution in [3.63, 3.8) is 0 Å². The van der Waals surface area contributed by atoms with Gasteiger partial charge in [0.05, 0.1) is 26.2 Å². The van der Waals surface area contributed by atoms with Gasteiger partial charge in [0, 0.05) is 52.4 Å². The first-order valence-corrected chi connectivity index (χ1v) is 12.3. The number of carboxylic acid groups (broad SMARTS) is 4. The number of hydrogen-bond donors (Lipinski definition) is 4. The molecule has 4 N–H and O–H groups in total. The van der Waals surface area contributed by atoms with E-state index < -0.39 is 23.9 Å². The van der Waals surface area contributed by atoms with Crippen LogP contribution in [0.4, 0.5) is 0 Å². The minimum Gasteiger partial charge on any atom is -0.480 e. The summed E-state index contributed by atoms with van der Waals surface area (Å²) >= 11 is 0. The standard InChI is InChI=1S/C25H38N4O8/c1-19-2-4-20(5-3-19)12-21-13-28(17-24(34)35)10-8-26(15-22(30)31)6-7-27(16-23(32)33)9-11-29(14-21)18-25(36)37/h2-5,21H,6-18H2,1H3,(H,30,31)(H,32,33)(H,34,35)(H,36,37). The summed E-state index contributed by atoms with van der Waals surface area (Å²) < 4.78 is 0. The van der Waals surface area contributed by atoms with Crippen molar-refractivity contribution in [1.29, 1.82) is 0 Å². The van der Waals surface area contributed by atoms with Gasteiger partial charge in [-0.1, -0.05) is 29.8 Å². The zero-order valence-corrected chi connectivity index (χ0v) is 21.3. The largest absolute Gasteiger partial charge is 0.480 e. The lowest BCUT2D eigenvalue weighted by molar-refractivity contribution is -0.140. The molecule has 206 valence electrons. The number of benzene rings is 1. The molecule has 0 bridgehead atoms. The molecular weight excluding hydrogens is 484 g/mol. The monoisotopic (exact) mass is 522 g/mol. The van der Waals surface area contributed by atoms with Crippen molar-refractivity contribution in [1.82, 2.24) is 19.6 Å². The van der Waals surface area contributed by atoms with Crippen molar-refractivity contribution in [2.75, 3.05) is 78.5 Å². The summed E-state index contributed by atoms with van der Waals surface area (Å²) in [5, 5.41) is 37.7. The number of nitrogens with zero attached hydrogens (tertiary/aromatic N) is 4. The average molecular weight is 523 g/mol. The van der Waals surface area contributed by atoms with Crippen LogP contribution in [0, 0.1) is 12.8 Å². The van der Waals surface area contributed by atoms with Crippen molar-refractivity contribution in [3.05, 3.63) is 35.4 Å². The van der Waals surface area contributed by atoms with Gasteiger partial charge in [-0.05, 0) is 24.8 Å². The molecule has 0 atom stereocenters. The molecule has 1 fully saturated rings. The predicted molar refractivity (Wildman–Crippen MR) is 135 cm³/mol. The van der Waals surface area contributed by atoms with Gasteiger partial charge in [-0.25, -0.2) is 0 Å². The SMILES string of the molecule is Cc1ccc(CC2CN(CC(=O)O)CCN(CC(=O)O)CCN(CC(=O)O)CCN(CC(=O)O)C2)cc1. The molecule has 1 heterocycles. The van der Waals surface area contributed by atoms with E-state index in [1.807, 2.05) is 31.2 Å². The first kappa shape index (κ1) is 30.2. The van der Waals surface area contributed by atoms with Crippen LogP contribution < -0.4 is 0 Å². The Balaban J connectivity index is 2.35. The Morgan fingerprint density at radius 3 is 1.30 bits per heavy atom. The van der Waals surface area contributed by atoms with E-state index in [-0.39, 0.29) is 45.2 Å². The molecule has 1 aliphatic heterocycles. The Morgan fingerprint density at radius 1 is 0.622 bits per heavy atom. The van der Waals surface area contributed by atoms with Crippen molar-refractivity contribution < 1.29 is 39.6 Å². The van der Waals surface area contributed by atoms with Gasteiger partial charge in [0.1, 0.15) is 0 Å². The van der Waals surface area contributed by atoms with Gasteiger partial charge >= 0.3 is 23.9 Å². The lowest BCUT2D eigenvalue weighted by Crippen LogP contribution is -2.44. The highest BCUT2D eigenvalue weighted by Gasteiger charge is 2.24. The molecule has 0 saturated carbocycles. The summed E-state index contributed by atoms with van der Waals surface area (Å²) in [4.78, 5) is 53.0. The molecular formula is C25H38N4O8. The minimum atomic E-state index is -1.02. The van der Waals surface area contributed by atoms with E-state index in [4.69, 9.17) is 0 Å². The van der Waals surface area contributed by atoms with Crippen LogP contribution in [0.15, 0.2) is 24.3 Å². The number of aryl methyl sites for hydroxylation is 1. The summed E-state index contributed by atoms with van der Waals surface area (Å²) in [6, 6.07) is 7.99. The highest BCUT2D eigenvalue weighted by atomic mass is 16.4. The summed E-state index contributed by atoms with van der Waals surface area (Å²) in [6.07, 6.45) is 0.601. The molecule has 0 aromatic heterocycles. The van der Waals surface area contributed by atoms with Gasteiger partial charge < -0.3 is 20.4 Å². The molecule has 1 saturated heterocycles. The summed E-state index contributed by atoms with van der Waals surface area (Å²) in [5.41, 5.74) is 2.15. The van der Waals surface area contributed by atoms with E-state index in [1.54, 1.807) is 19.6 Å². The molecule has 0 unspecified atom stereocenters. The predicted octanol–water partition coefficient (Wildman–Crippen LogP) is -0.286. The zero-order chi connectivity index (χ0) is 27.4. The molecule has 37 heavy (non-hydrogen) atoms. The Kier molecular flexibility index (Phi) is 12.4. The second-order valence-electron chi connectivity index (χ2n) is 9.65. The first-order chi connectivity index (χ1) is 17.5. The Bertz CT molecular complexity index is 860. The second-order valence-corrected chi connectivity index (χ2v) is 9.65. The molecule has 1 aromatic rings. The maximum atomic E-state index is 11.6. The third kappa shape index (κ3) is 12.6. The third-order valence-corrected chi connectivity index (χ3v) is 6.31. The van der Waals surface area contributed by atoms with Gasteiger partial charge in [-0.3, -0.25) is 38.8 Å². The highest BCUT2D eigenvalue weighted by molar-refractivity contribution is 5.70. The van der Waals surface area contributed by atoms with E-state index in [9.17, 15) is 39.6 Å². The van der Waals surface area contributed by atoms with Crippen molar-refractivity contribution in [2.45, 2.75) is 13.3 Å². The molecule has 12 heteroatoms. The second kappa shape index (κ2) is 15.3. The van der Waals surface area contributed by atoms with Crippen molar-refractivity contribution >= 4 is 23.9 Å². The fraction of sp³-hybridized carbons (Fsp3) is 0.600. The summed E-state index contributed by atoms with van der Waals surface area (Å²) in [6.45, 7) is 3.59. The number of carbonyl (C=O) groups is 4. The highest BCUT2D eigenvalue weighted by Crippen LogP contribution is 2.15. The quantitative estimate of drug-likeness (QED) is 0.318. The van der Waals surface area contributed by atoms with E-state index in [0.717, 1.165) is 11.1 Å². The van der Waals surface area contributed by atoms with Crippen LogP contribution in [0.5, 0.6) is 0 Å². The van der Waals surface area contributed by atoms with Crippen LogP contribution >= 0.6 is 0 Å². The molecule has 1 aliphatic rings. The molecule has 0 radical (unpaired) electrons. The smallest absolute Gasteiger partial charge is 0.317 e. The number of aliphatic carboxylic acids is 4. The van der Waals surface area contributed by atoms with E-state index in [2.05, 4.69) is 0 Å². The first-order valence-electron chi connectivity index (χ1n) is 12.3. The Morgan fingerprint density at radius 2 is 0.946 bits per heavy atom. The summed E-state index contributed by atoms with van der Waals surface area (Å²) in [5.74, 6) is -4.16. The van der Waals surface area contributed by atoms with E-state index in [0.29, 0.717) is 45.7 Å². The van der Waals surface area contributed by atoms with Crippen LogP contribution in [-0.2, 0) is 25.6 Å². The molecule has 12 nitrogen and oxygen atoms in total. The van der Waals surface area contributed by atoms with E-state index >= 15 is 0 Å². The number of carboxylic acids is 4. The number of hydrogen-bond acceptors (Lipinski definition) is 8. The van der Waals surface area contributed by atoms with Gasteiger partial charge in [-0.15, -0.1) is 0 Å². The van der Waals surface area contributed by atoms with Gasteiger partial charge in [0.2, 0.25) is 0 Å². The van der Waals surface area contributed by atoms with Crippen LogP contribution in [0.25, 0.3) is 0 Å². The third-order valence-electron chi connectivity index (χ3n) is 6.31. The topological polar surface area (TPSA) is 162 Å². The molecule has 0 spiro atoms.